The molecular weight excluding hydrogens is 271 g/mol. The van der Waals surface area contributed by atoms with Crippen LogP contribution in [0.1, 0.15) is 5.56 Å². The average Bonchev–Trinajstić information content (AvgIpc) is 2.39. The fraction of sp³-hybridized carbons (Fsp3) is 0.154. The van der Waals surface area contributed by atoms with E-state index in [1.807, 2.05) is 6.07 Å². The molecule has 1 aromatic heterocycles. The second-order valence-electron chi connectivity index (χ2n) is 3.82. The highest BCUT2D eigenvalue weighted by Crippen LogP contribution is 2.25. The lowest BCUT2D eigenvalue weighted by atomic mass is 10.2. The summed E-state index contributed by atoms with van der Waals surface area (Å²) < 4.78 is 39.8. The maximum absolute atomic E-state index is 12.0. The third-order valence-corrected chi connectivity index (χ3v) is 2.33. The zero-order valence-electron chi connectivity index (χ0n) is 10.1. The topological polar surface area (TPSA) is 58.8 Å². The minimum atomic E-state index is -4.71. The quantitative estimate of drug-likeness (QED) is 0.866. The number of nitriles is 1. The average molecular weight is 279 g/mol. The predicted molar refractivity (Wildman–Crippen MR) is 63.5 cm³/mol. The highest BCUT2D eigenvalue weighted by atomic mass is 19.4. The largest absolute Gasteiger partial charge is 0.573 e. The van der Waals surface area contributed by atoms with E-state index in [1.54, 1.807) is 0 Å². The van der Waals surface area contributed by atoms with Crippen LogP contribution in [0.2, 0.25) is 0 Å². The second-order valence-corrected chi connectivity index (χ2v) is 3.82. The van der Waals surface area contributed by atoms with Crippen LogP contribution >= 0.6 is 0 Å². The van der Waals surface area contributed by atoms with Gasteiger partial charge >= 0.3 is 6.36 Å². The van der Waals surface area contributed by atoms with Crippen molar-refractivity contribution in [3.05, 3.63) is 42.2 Å². The predicted octanol–water partition coefficient (Wildman–Crippen LogP) is 3.11. The first kappa shape index (κ1) is 13.8. The van der Waals surface area contributed by atoms with Gasteiger partial charge in [0.2, 0.25) is 0 Å². The van der Waals surface area contributed by atoms with Crippen LogP contribution in [-0.2, 0) is 6.42 Å². The molecule has 0 amide bonds. The molecule has 20 heavy (non-hydrogen) atoms. The molecule has 4 nitrogen and oxygen atoms in total. The number of hydrogen-bond acceptors (Lipinski definition) is 4. The first-order valence-electron chi connectivity index (χ1n) is 5.52. The van der Waals surface area contributed by atoms with Crippen LogP contribution < -0.4 is 4.74 Å². The molecule has 2 rings (SSSR count). The molecular formula is C13H8F3N3O. The van der Waals surface area contributed by atoms with Crippen LogP contribution in [0, 0.1) is 11.3 Å². The molecule has 102 valence electrons. The number of rotatable bonds is 3. The summed E-state index contributed by atoms with van der Waals surface area (Å²) in [6, 6.07) is 7.21. The lowest BCUT2D eigenvalue weighted by molar-refractivity contribution is -0.274. The van der Waals surface area contributed by atoms with Gasteiger partial charge in [-0.3, -0.25) is 0 Å². The lowest BCUT2D eigenvalue weighted by Crippen LogP contribution is -2.16. The standard InChI is InChI=1S/C13H8F3N3O/c14-13(15,16)20-11-3-1-10(2-4-11)12-18-7-9(5-6-17)8-19-12/h1-4,7-8H,5H2. The van der Waals surface area contributed by atoms with E-state index < -0.39 is 6.36 Å². The number of aromatic nitrogens is 2. The van der Waals surface area contributed by atoms with Crippen molar-refractivity contribution < 1.29 is 17.9 Å². The molecule has 0 aliphatic rings. The molecule has 1 heterocycles. The van der Waals surface area contributed by atoms with Crippen LogP contribution in [0.4, 0.5) is 13.2 Å². The SMILES string of the molecule is N#CCc1cnc(-c2ccc(OC(F)(F)F)cc2)nc1. The Morgan fingerprint density at radius 2 is 1.70 bits per heavy atom. The Kier molecular flexibility index (Phi) is 3.84. The zero-order chi connectivity index (χ0) is 14.6. The summed E-state index contributed by atoms with van der Waals surface area (Å²) in [7, 11) is 0. The number of benzene rings is 1. The van der Waals surface area contributed by atoms with Crippen LogP contribution in [0.25, 0.3) is 11.4 Å². The number of nitrogens with zero attached hydrogens (tertiary/aromatic N) is 3. The molecule has 0 fully saturated rings. The maximum Gasteiger partial charge on any atom is 0.573 e. The van der Waals surface area contributed by atoms with Gasteiger partial charge in [-0.1, -0.05) is 0 Å². The van der Waals surface area contributed by atoms with Gasteiger partial charge in [-0.05, 0) is 24.3 Å². The second kappa shape index (κ2) is 5.57. The Hall–Kier alpha value is -2.62. The van der Waals surface area contributed by atoms with Crippen LogP contribution in [0.5, 0.6) is 5.75 Å². The summed E-state index contributed by atoms with van der Waals surface area (Å²) in [5.41, 5.74) is 1.23. The van der Waals surface area contributed by atoms with Crippen molar-refractivity contribution in [2.24, 2.45) is 0 Å². The van der Waals surface area contributed by atoms with Gasteiger partial charge in [0.25, 0.3) is 0 Å². The Bertz CT molecular complexity index is 615. The third kappa shape index (κ3) is 3.68. The molecule has 0 spiro atoms. The first-order valence-corrected chi connectivity index (χ1v) is 5.52. The van der Waals surface area contributed by atoms with Crippen LogP contribution in [-0.4, -0.2) is 16.3 Å². The van der Waals surface area contributed by atoms with Crippen molar-refractivity contribution in [2.45, 2.75) is 12.8 Å². The van der Waals surface area contributed by atoms with Crippen molar-refractivity contribution >= 4 is 0 Å². The Morgan fingerprint density at radius 1 is 1.10 bits per heavy atom. The normalized spacial score (nSPS) is 10.9. The monoisotopic (exact) mass is 279 g/mol. The molecule has 0 aliphatic carbocycles. The highest BCUT2D eigenvalue weighted by Gasteiger charge is 2.30. The summed E-state index contributed by atoms with van der Waals surface area (Å²) in [5, 5.41) is 8.52. The van der Waals surface area contributed by atoms with Crippen molar-refractivity contribution in [2.75, 3.05) is 0 Å². The summed E-state index contributed by atoms with van der Waals surface area (Å²) >= 11 is 0. The first-order chi connectivity index (χ1) is 9.48. The molecule has 2 aromatic rings. The summed E-state index contributed by atoms with van der Waals surface area (Å²) in [6.45, 7) is 0. The molecule has 0 unspecified atom stereocenters. The molecule has 0 radical (unpaired) electrons. The van der Waals surface area contributed by atoms with Crippen LogP contribution in [0.15, 0.2) is 36.7 Å². The highest BCUT2D eigenvalue weighted by molar-refractivity contribution is 5.55. The van der Waals surface area contributed by atoms with E-state index in [0.29, 0.717) is 17.0 Å². The van der Waals surface area contributed by atoms with E-state index in [1.165, 1.54) is 36.7 Å². The Balaban J connectivity index is 2.15. The van der Waals surface area contributed by atoms with Gasteiger partial charge in [0.1, 0.15) is 5.75 Å². The molecule has 0 saturated carbocycles. The molecule has 7 heteroatoms. The molecule has 1 aromatic carbocycles. The number of hydrogen-bond donors (Lipinski definition) is 0. The molecule has 0 aliphatic heterocycles. The molecule has 0 saturated heterocycles. The third-order valence-electron chi connectivity index (χ3n) is 2.33. The number of alkyl halides is 3. The van der Waals surface area contributed by atoms with Gasteiger partial charge in [0, 0.05) is 23.5 Å². The van der Waals surface area contributed by atoms with Crippen molar-refractivity contribution in [3.8, 4) is 23.2 Å². The van der Waals surface area contributed by atoms with Gasteiger partial charge in [0.05, 0.1) is 12.5 Å². The number of ether oxygens (including phenoxy) is 1. The zero-order valence-corrected chi connectivity index (χ0v) is 10.1. The Morgan fingerprint density at radius 3 is 2.20 bits per heavy atom. The smallest absolute Gasteiger partial charge is 0.406 e. The van der Waals surface area contributed by atoms with Gasteiger partial charge in [0.15, 0.2) is 5.82 Å². The van der Waals surface area contributed by atoms with Crippen LogP contribution in [0.3, 0.4) is 0 Å². The number of halogens is 3. The molecule has 0 atom stereocenters. The van der Waals surface area contributed by atoms with Gasteiger partial charge < -0.3 is 4.74 Å². The van der Waals surface area contributed by atoms with E-state index in [4.69, 9.17) is 5.26 Å². The minimum absolute atomic E-state index is 0.207. The summed E-state index contributed by atoms with van der Waals surface area (Å²) in [5.74, 6) is 0.0626. The van der Waals surface area contributed by atoms with E-state index in [9.17, 15) is 13.2 Å². The van der Waals surface area contributed by atoms with E-state index in [2.05, 4.69) is 14.7 Å². The summed E-state index contributed by atoms with van der Waals surface area (Å²) in [6.07, 6.45) is -1.49. The van der Waals surface area contributed by atoms with E-state index in [-0.39, 0.29) is 12.2 Å². The van der Waals surface area contributed by atoms with Gasteiger partial charge in [-0.2, -0.15) is 5.26 Å². The summed E-state index contributed by atoms with van der Waals surface area (Å²) in [4.78, 5) is 8.09. The lowest BCUT2D eigenvalue weighted by Gasteiger charge is -2.08. The molecule has 0 bridgehead atoms. The van der Waals surface area contributed by atoms with Crippen molar-refractivity contribution in [1.29, 1.82) is 5.26 Å². The minimum Gasteiger partial charge on any atom is -0.406 e. The fourth-order valence-corrected chi connectivity index (χ4v) is 1.49. The van der Waals surface area contributed by atoms with Gasteiger partial charge in [-0.25, -0.2) is 9.97 Å². The fourth-order valence-electron chi connectivity index (χ4n) is 1.49. The maximum atomic E-state index is 12.0. The molecule has 0 N–H and O–H groups in total. The Labute approximate surface area is 112 Å². The van der Waals surface area contributed by atoms with Crippen molar-refractivity contribution in [3.63, 3.8) is 0 Å². The van der Waals surface area contributed by atoms with E-state index in [0.717, 1.165) is 0 Å². The van der Waals surface area contributed by atoms with Gasteiger partial charge in [-0.15, -0.1) is 13.2 Å². The van der Waals surface area contributed by atoms with Crippen molar-refractivity contribution in [1.82, 2.24) is 9.97 Å². The van der Waals surface area contributed by atoms with E-state index >= 15 is 0 Å².